The van der Waals surface area contributed by atoms with Crippen molar-refractivity contribution < 1.29 is 27.9 Å². The van der Waals surface area contributed by atoms with Crippen molar-refractivity contribution in [3.05, 3.63) is 52.5 Å². The fourth-order valence-electron chi connectivity index (χ4n) is 3.74. The van der Waals surface area contributed by atoms with Crippen molar-refractivity contribution in [2.24, 2.45) is 0 Å². The average molecular weight is 445 g/mol. The van der Waals surface area contributed by atoms with Crippen LogP contribution in [0.15, 0.2) is 44.4 Å². The lowest BCUT2D eigenvalue weighted by molar-refractivity contribution is -0.123. The van der Waals surface area contributed by atoms with Gasteiger partial charge >= 0.3 is 0 Å². The number of hydrogen-bond acceptors (Lipinski definition) is 8. The second kappa shape index (κ2) is 10.5. The SMILES string of the molecule is O=C(COc1coc(CN2CCN(C(=O)c3ccco3)CC2)cc1=O)NCC1CCCO1. The fourth-order valence-corrected chi connectivity index (χ4v) is 3.74. The molecule has 1 N–H and O–H groups in total. The molecule has 10 nitrogen and oxygen atoms in total. The van der Waals surface area contributed by atoms with Crippen LogP contribution in [0.4, 0.5) is 0 Å². The third-order valence-corrected chi connectivity index (χ3v) is 5.53. The zero-order valence-electron chi connectivity index (χ0n) is 17.8. The van der Waals surface area contributed by atoms with Crippen molar-refractivity contribution in [3.63, 3.8) is 0 Å². The van der Waals surface area contributed by atoms with Gasteiger partial charge in [0, 0.05) is 45.4 Å². The number of furan rings is 1. The first-order valence-corrected chi connectivity index (χ1v) is 10.8. The molecular formula is C22H27N3O7. The average Bonchev–Trinajstić information content (AvgIpc) is 3.51. The van der Waals surface area contributed by atoms with Gasteiger partial charge in [0.2, 0.25) is 11.2 Å². The van der Waals surface area contributed by atoms with Gasteiger partial charge in [-0.1, -0.05) is 0 Å². The number of nitrogens with one attached hydrogen (secondary N) is 1. The van der Waals surface area contributed by atoms with Crippen LogP contribution in [0.25, 0.3) is 0 Å². The topological polar surface area (TPSA) is 114 Å². The fraction of sp³-hybridized carbons (Fsp3) is 0.500. The third-order valence-electron chi connectivity index (χ3n) is 5.53. The van der Waals surface area contributed by atoms with Crippen LogP contribution in [0.1, 0.15) is 29.2 Å². The van der Waals surface area contributed by atoms with Crippen molar-refractivity contribution in [1.29, 1.82) is 0 Å². The van der Waals surface area contributed by atoms with Gasteiger partial charge in [-0.15, -0.1) is 0 Å². The van der Waals surface area contributed by atoms with Crippen LogP contribution in [-0.2, 0) is 16.1 Å². The Morgan fingerprint density at radius 3 is 2.72 bits per heavy atom. The number of carbonyl (C=O) groups is 2. The largest absolute Gasteiger partial charge is 0.477 e. The van der Waals surface area contributed by atoms with E-state index in [1.54, 1.807) is 17.0 Å². The van der Waals surface area contributed by atoms with E-state index in [4.69, 9.17) is 18.3 Å². The molecule has 2 saturated heterocycles. The summed E-state index contributed by atoms with van der Waals surface area (Å²) in [6.07, 6.45) is 4.71. The molecule has 0 radical (unpaired) electrons. The number of rotatable bonds is 8. The maximum absolute atomic E-state index is 12.3. The summed E-state index contributed by atoms with van der Waals surface area (Å²) in [6.45, 7) is 3.78. The molecule has 0 spiro atoms. The van der Waals surface area contributed by atoms with Crippen LogP contribution in [0, 0.1) is 0 Å². The van der Waals surface area contributed by atoms with Gasteiger partial charge in [-0.25, -0.2) is 0 Å². The first-order valence-electron chi connectivity index (χ1n) is 10.8. The minimum Gasteiger partial charge on any atom is -0.477 e. The van der Waals surface area contributed by atoms with Gasteiger partial charge in [0.15, 0.2) is 12.4 Å². The number of nitrogens with zero attached hydrogens (tertiary/aromatic N) is 2. The van der Waals surface area contributed by atoms with Crippen LogP contribution in [-0.4, -0.2) is 73.7 Å². The Balaban J connectivity index is 1.21. The van der Waals surface area contributed by atoms with E-state index < -0.39 is 0 Å². The highest BCUT2D eigenvalue weighted by Crippen LogP contribution is 2.13. The smallest absolute Gasteiger partial charge is 0.289 e. The van der Waals surface area contributed by atoms with Crippen molar-refractivity contribution in [2.45, 2.75) is 25.5 Å². The van der Waals surface area contributed by atoms with Crippen LogP contribution in [0.2, 0.25) is 0 Å². The summed E-state index contributed by atoms with van der Waals surface area (Å²) < 4.78 is 21.5. The van der Waals surface area contributed by atoms with Crippen LogP contribution < -0.4 is 15.5 Å². The van der Waals surface area contributed by atoms with Gasteiger partial charge in [-0.2, -0.15) is 0 Å². The summed E-state index contributed by atoms with van der Waals surface area (Å²) in [6, 6.07) is 4.72. The molecule has 4 heterocycles. The maximum atomic E-state index is 12.3. The van der Waals surface area contributed by atoms with E-state index in [9.17, 15) is 14.4 Å². The van der Waals surface area contributed by atoms with Gasteiger partial charge in [0.25, 0.3) is 11.8 Å². The van der Waals surface area contributed by atoms with Crippen LogP contribution in [0.3, 0.4) is 0 Å². The number of ether oxygens (including phenoxy) is 2. The quantitative estimate of drug-likeness (QED) is 0.637. The summed E-state index contributed by atoms with van der Waals surface area (Å²) >= 11 is 0. The summed E-state index contributed by atoms with van der Waals surface area (Å²) in [5.74, 6) is 0.389. The van der Waals surface area contributed by atoms with E-state index in [1.807, 2.05) is 0 Å². The Hall–Kier alpha value is -3.11. The molecule has 2 aliphatic heterocycles. The van der Waals surface area contributed by atoms with Crippen molar-refractivity contribution in [2.75, 3.05) is 45.9 Å². The van der Waals surface area contributed by atoms with Crippen molar-refractivity contribution in [3.8, 4) is 5.75 Å². The molecule has 0 saturated carbocycles. The molecule has 10 heteroatoms. The number of piperazine rings is 1. The number of amides is 2. The van der Waals surface area contributed by atoms with E-state index in [1.165, 1.54) is 18.6 Å². The van der Waals surface area contributed by atoms with Crippen LogP contribution in [0.5, 0.6) is 5.75 Å². The van der Waals surface area contributed by atoms with Gasteiger partial charge in [0.1, 0.15) is 12.0 Å². The summed E-state index contributed by atoms with van der Waals surface area (Å²) in [4.78, 5) is 40.4. The predicted octanol–water partition coefficient (Wildman–Crippen LogP) is 0.865. The lowest BCUT2D eigenvalue weighted by Crippen LogP contribution is -2.48. The monoisotopic (exact) mass is 445 g/mol. The zero-order valence-corrected chi connectivity index (χ0v) is 17.8. The molecule has 2 aromatic heterocycles. The lowest BCUT2D eigenvalue weighted by atomic mass is 10.2. The highest BCUT2D eigenvalue weighted by atomic mass is 16.5. The molecule has 2 fully saturated rings. The Morgan fingerprint density at radius 2 is 2.03 bits per heavy atom. The van der Waals surface area contributed by atoms with E-state index >= 15 is 0 Å². The molecule has 172 valence electrons. The van der Waals surface area contributed by atoms with Gasteiger partial charge in [-0.3, -0.25) is 19.3 Å². The predicted molar refractivity (Wildman–Crippen MR) is 112 cm³/mol. The van der Waals surface area contributed by atoms with Crippen molar-refractivity contribution >= 4 is 11.8 Å². The molecule has 0 aliphatic carbocycles. The Morgan fingerprint density at radius 1 is 1.19 bits per heavy atom. The maximum Gasteiger partial charge on any atom is 0.289 e. The van der Waals surface area contributed by atoms with Gasteiger partial charge in [-0.05, 0) is 25.0 Å². The first-order chi connectivity index (χ1) is 15.6. The van der Waals surface area contributed by atoms with Crippen LogP contribution >= 0.6 is 0 Å². The van der Waals surface area contributed by atoms with E-state index in [0.717, 1.165) is 19.4 Å². The standard InChI is InChI=1S/C22H27N3O7/c26-18-11-17(13-24-5-7-25(8-6-24)22(28)19-4-2-10-30-19)31-14-20(18)32-15-21(27)23-12-16-3-1-9-29-16/h2,4,10-11,14,16H,1,3,5-9,12-13,15H2,(H,23,27). The van der Waals surface area contributed by atoms with E-state index in [-0.39, 0.29) is 35.7 Å². The second-order valence-corrected chi connectivity index (χ2v) is 7.85. The third kappa shape index (κ3) is 5.77. The molecule has 1 unspecified atom stereocenters. The first kappa shape index (κ1) is 22.1. The molecule has 1 atom stereocenters. The molecule has 2 aromatic rings. The highest BCUT2D eigenvalue weighted by molar-refractivity contribution is 5.91. The summed E-state index contributed by atoms with van der Waals surface area (Å²) in [5.41, 5.74) is -0.343. The molecule has 32 heavy (non-hydrogen) atoms. The Bertz CT molecular complexity index is 958. The van der Waals surface area contributed by atoms with Gasteiger partial charge < -0.3 is 28.5 Å². The van der Waals surface area contributed by atoms with Gasteiger partial charge in [0.05, 0.1) is 18.9 Å². The molecule has 2 aliphatic rings. The molecule has 2 amide bonds. The minimum atomic E-state index is -0.343. The highest BCUT2D eigenvalue weighted by Gasteiger charge is 2.24. The molecule has 0 aromatic carbocycles. The zero-order chi connectivity index (χ0) is 22.3. The minimum absolute atomic E-state index is 0.00474. The van der Waals surface area contributed by atoms with E-state index in [2.05, 4.69) is 10.2 Å². The Labute approximate surface area is 185 Å². The molecule has 4 rings (SSSR count). The number of hydrogen-bond donors (Lipinski definition) is 1. The second-order valence-electron chi connectivity index (χ2n) is 7.85. The number of carbonyl (C=O) groups excluding carboxylic acids is 2. The Kier molecular flexibility index (Phi) is 7.23. The normalized spacial score (nSPS) is 19.1. The lowest BCUT2D eigenvalue weighted by Gasteiger charge is -2.33. The summed E-state index contributed by atoms with van der Waals surface area (Å²) in [7, 11) is 0. The van der Waals surface area contributed by atoms with Crippen molar-refractivity contribution in [1.82, 2.24) is 15.1 Å². The molecular weight excluding hydrogens is 418 g/mol. The van der Waals surface area contributed by atoms with E-state index in [0.29, 0.717) is 50.8 Å². The molecule has 0 bridgehead atoms. The summed E-state index contributed by atoms with van der Waals surface area (Å²) in [5, 5.41) is 2.74.